The van der Waals surface area contributed by atoms with Gasteiger partial charge in [0.05, 0.1) is 22.1 Å². The van der Waals surface area contributed by atoms with E-state index >= 15 is 0 Å². The van der Waals surface area contributed by atoms with Crippen molar-refractivity contribution < 1.29 is 0 Å². The van der Waals surface area contributed by atoms with E-state index in [1.165, 1.54) is 16.3 Å². The second-order valence-electron chi connectivity index (χ2n) is 15.0. The van der Waals surface area contributed by atoms with Gasteiger partial charge in [0.1, 0.15) is 10.0 Å². The molecule has 0 saturated carbocycles. The average molecular weight is 800 g/mol. The molecule has 0 bridgehead atoms. The van der Waals surface area contributed by atoms with E-state index in [2.05, 4.69) is 149 Å². The van der Waals surface area contributed by atoms with Gasteiger partial charge in [-0.2, -0.15) is 0 Å². The van der Waals surface area contributed by atoms with E-state index in [4.69, 9.17) is 25.1 Å². The molecule has 0 spiro atoms. The fourth-order valence-electron chi connectivity index (χ4n) is 8.52. The number of para-hydroxylation sites is 3. The summed E-state index contributed by atoms with van der Waals surface area (Å²) >= 11 is 1.62. The summed E-state index contributed by atoms with van der Waals surface area (Å²) in [5, 5.41) is 16.0. The van der Waals surface area contributed by atoms with Crippen molar-refractivity contribution in [2.45, 2.75) is 0 Å². The maximum atomic E-state index is 5.01. The van der Waals surface area contributed by atoms with E-state index in [-0.39, 0.29) is 0 Å². The van der Waals surface area contributed by atoms with Crippen LogP contribution in [0, 0.1) is 0 Å². The Hall–Kier alpha value is -8.07. The Morgan fingerprint density at radius 1 is 0.295 bits per heavy atom. The van der Waals surface area contributed by atoms with Crippen molar-refractivity contribution in [2.75, 3.05) is 0 Å². The third-order valence-electron chi connectivity index (χ3n) is 11.3. The average Bonchev–Trinajstić information content (AvgIpc) is 4.05. The standard InChI is InChI=1S/C53H33N7S/c1-4-15-34(16-5-1)49-54-50(35-17-6-2-7-18-35)56-51(55-49)36-19-14-22-40(31-36)60-46-26-13-11-24-42(46)44-33-38(28-30-48(44)60)53-58-57-52(61-53)37-27-29-47-43(32-37)41-23-10-12-25-45(41)59(47)39-20-8-3-9-21-39/h1-33H. The summed E-state index contributed by atoms with van der Waals surface area (Å²) in [6.07, 6.45) is 0. The van der Waals surface area contributed by atoms with Crippen LogP contribution in [0.3, 0.4) is 0 Å². The maximum Gasteiger partial charge on any atom is 0.164 e. The zero-order chi connectivity index (χ0) is 40.3. The maximum absolute atomic E-state index is 5.01. The Bertz CT molecular complexity index is 3530. The molecule has 0 atom stereocenters. The Morgan fingerprint density at radius 3 is 1.25 bits per heavy atom. The van der Waals surface area contributed by atoms with Crippen molar-refractivity contribution in [3.05, 3.63) is 200 Å². The van der Waals surface area contributed by atoms with Crippen molar-refractivity contribution in [3.8, 4) is 66.7 Å². The molecule has 61 heavy (non-hydrogen) atoms. The number of benzene rings is 8. The zero-order valence-electron chi connectivity index (χ0n) is 32.6. The predicted octanol–water partition coefficient (Wildman–Crippen LogP) is 13.3. The Morgan fingerprint density at radius 2 is 0.705 bits per heavy atom. The number of hydrogen-bond acceptors (Lipinski definition) is 6. The van der Waals surface area contributed by atoms with Gasteiger partial charge in [0.25, 0.3) is 0 Å². The minimum absolute atomic E-state index is 0.616. The molecule has 8 aromatic carbocycles. The highest BCUT2D eigenvalue weighted by molar-refractivity contribution is 7.17. The quantitative estimate of drug-likeness (QED) is 0.160. The van der Waals surface area contributed by atoms with Crippen LogP contribution >= 0.6 is 11.3 Å². The molecule has 286 valence electrons. The zero-order valence-corrected chi connectivity index (χ0v) is 33.4. The topological polar surface area (TPSA) is 74.3 Å². The molecule has 0 fully saturated rings. The monoisotopic (exact) mass is 799 g/mol. The van der Waals surface area contributed by atoms with Crippen molar-refractivity contribution >= 4 is 54.9 Å². The van der Waals surface area contributed by atoms with Crippen LogP contribution in [0.15, 0.2) is 200 Å². The Balaban J connectivity index is 0.934. The first-order chi connectivity index (χ1) is 30.2. The highest BCUT2D eigenvalue weighted by Gasteiger charge is 2.19. The number of hydrogen-bond donors (Lipinski definition) is 0. The molecule has 12 aromatic rings. The molecule has 7 nitrogen and oxygen atoms in total. The van der Waals surface area contributed by atoms with Gasteiger partial charge in [0, 0.05) is 60.7 Å². The van der Waals surface area contributed by atoms with Crippen molar-refractivity contribution in [1.82, 2.24) is 34.3 Å². The second-order valence-corrected chi connectivity index (χ2v) is 16.0. The molecular weight excluding hydrogens is 767 g/mol. The Kier molecular flexibility index (Phi) is 8.21. The first-order valence-electron chi connectivity index (χ1n) is 20.2. The molecule has 0 N–H and O–H groups in total. The third-order valence-corrected chi connectivity index (χ3v) is 12.4. The highest BCUT2D eigenvalue weighted by Crippen LogP contribution is 2.39. The summed E-state index contributed by atoms with van der Waals surface area (Å²) in [4.78, 5) is 14.9. The van der Waals surface area contributed by atoms with E-state index in [1.807, 2.05) is 60.7 Å². The first kappa shape index (κ1) is 34.9. The smallest absolute Gasteiger partial charge is 0.164 e. The lowest BCUT2D eigenvalue weighted by atomic mass is 10.1. The third kappa shape index (κ3) is 6.00. The number of fused-ring (bicyclic) bond motifs is 6. The van der Waals surface area contributed by atoms with Crippen molar-refractivity contribution in [2.24, 2.45) is 0 Å². The molecule has 12 rings (SSSR count). The summed E-state index contributed by atoms with van der Waals surface area (Å²) < 4.78 is 4.65. The van der Waals surface area contributed by atoms with Gasteiger partial charge in [0.15, 0.2) is 17.5 Å². The van der Waals surface area contributed by atoms with Crippen LogP contribution in [-0.4, -0.2) is 34.3 Å². The fourth-order valence-corrected chi connectivity index (χ4v) is 9.36. The van der Waals surface area contributed by atoms with Crippen molar-refractivity contribution in [3.63, 3.8) is 0 Å². The van der Waals surface area contributed by atoms with Gasteiger partial charge in [-0.05, 0) is 72.8 Å². The van der Waals surface area contributed by atoms with E-state index in [0.29, 0.717) is 17.5 Å². The predicted molar refractivity (Wildman–Crippen MR) is 249 cm³/mol. The lowest BCUT2D eigenvalue weighted by Crippen LogP contribution is -2.01. The van der Waals surface area contributed by atoms with Gasteiger partial charge < -0.3 is 9.13 Å². The van der Waals surface area contributed by atoms with E-state index in [1.54, 1.807) is 11.3 Å². The number of rotatable bonds is 7. The molecule has 4 aromatic heterocycles. The molecule has 0 amide bonds. The van der Waals surface area contributed by atoms with Crippen LogP contribution in [0.2, 0.25) is 0 Å². The number of nitrogens with zero attached hydrogens (tertiary/aromatic N) is 7. The van der Waals surface area contributed by atoms with Crippen LogP contribution in [-0.2, 0) is 0 Å². The molecule has 0 saturated heterocycles. The summed E-state index contributed by atoms with van der Waals surface area (Å²) in [6, 6.07) is 69.6. The SMILES string of the molecule is c1ccc(-c2nc(-c3ccccc3)nc(-c3cccc(-n4c5ccccc5c5cc(-c6nnc(-c7ccc8c(c7)c7ccccc7n8-c7ccccc7)s6)ccc54)c3)n2)cc1. The molecule has 0 radical (unpaired) electrons. The molecule has 0 aliphatic carbocycles. The van der Waals surface area contributed by atoms with Gasteiger partial charge in [-0.15, -0.1) is 10.2 Å². The molecular formula is C53H33N7S. The largest absolute Gasteiger partial charge is 0.309 e. The van der Waals surface area contributed by atoms with Crippen LogP contribution in [0.4, 0.5) is 0 Å². The lowest BCUT2D eigenvalue weighted by Gasteiger charge is -2.11. The molecule has 0 unspecified atom stereocenters. The Labute approximate surface area is 354 Å². The fraction of sp³-hybridized carbons (Fsp3) is 0. The summed E-state index contributed by atoms with van der Waals surface area (Å²) in [5.41, 5.74) is 11.6. The van der Waals surface area contributed by atoms with Crippen molar-refractivity contribution in [1.29, 1.82) is 0 Å². The highest BCUT2D eigenvalue weighted by atomic mass is 32.1. The summed E-state index contributed by atoms with van der Waals surface area (Å²) in [7, 11) is 0. The van der Waals surface area contributed by atoms with Crippen LogP contribution in [0.1, 0.15) is 0 Å². The van der Waals surface area contributed by atoms with E-state index in [0.717, 1.165) is 76.5 Å². The molecule has 8 heteroatoms. The first-order valence-corrected chi connectivity index (χ1v) is 21.0. The summed E-state index contributed by atoms with van der Waals surface area (Å²) in [6.45, 7) is 0. The lowest BCUT2D eigenvalue weighted by molar-refractivity contribution is 1.07. The normalized spacial score (nSPS) is 11.6. The van der Waals surface area contributed by atoms with E-state index in [9.17, 15) is 0 Å². The van der Waals surface area contributed by atoms with Gasteiger partial charge in [-0.3, -0.25) is 0 Å². The van der Waals surface area contributed by atoms with Crippen LogP contribution in [0.25, 0.3) is 110 Å². The van der Waals surface area contributed by atoms with E-state index < -0.39 is 0 Å². The van der Waals surface area contributed by atoms with Gasteiger partial charge in [-0.1, -0.05) is 139 Å². The van der Waals surface area contributed by atoms with Gasteiger partial charge >= 0.3 is 0 Å². The minimum Gasteiger partial charge on any atom is -0.309 e. The molecule has 0 aliphatic rings. The minimum atomic E-state index is 0.616. The molecule has 0 aliphatic heterocycles. The molecule has 4 heterocycles. The van der Waals surface area contributed by atoms with Crippen LogP contribution < -0.4 is 0 Å². The second kappa shape index (κ2) is 14.3. The summed E-state index contributed by atoms with van der Waals surface area (Å²) in [5.74, 6) is 1.89. The van der Waals surface area contributed by atoms with Crippen LogP contribution in [0.5, 0.6) is 0 Å². The van der Waals surface area contributed by atoms with Gasteiger partial charge in [0.2, 0.25) is 0 Å². The number of aromatic nitrogens is 7. The van der Waals surface area contributed by atoms with Gasteiger partial charge in [-0.25, -0.2) is 15.0 Å².